The van der Waals surface area contributed by atoms with Crippen molar-refractivity contribution in [3.05, 3.63) is 0 Å². The van der Waals surface area contributed by atoms with E-state index in [1.165, 1.54) is 0 Å². The molecule has 0 heterocycles. The van der Waals surface area contributed by atoms with Crippen LogP contribution in [-0.2, 0) is 9.37 Å². The van der Waals surface area contributed by atoms with E-state index in [-0.39, 0.29) is 12.1 Å². The Hall–Kier alpha value is 0.150. The summed E-state index contributed by atoms with van der Waals surface area (Å²) >= 11 is 1.02. The number of aliphatic hydroxyl groups excluding tert-OH is 1. The lowest BCUT2D eigenvalue weighted by atomic mass is 10.2. The second kappa shape index (κ2) is 7.54. The van der Waals surface area contributed by atoms with Crippen molar-refractivity contribution in [1.29, 1.82) is 0 Å². The van der Waals surface area contributed by atoms with Gasteiger partial charge < -0.3 is 10.0 Å². The predicted molar refractivity (Wildman–Crippen MR) is 51.0 cm³/mol. The lowest BCUT2D eigenvalue weighted by Crippen LogP contribution is -2.38. The third-order valence-corrected chi connectivity index (χ3v) is 2.51. The van der Waals surface area contributed by atoms with Crippen molar-refractivity contribution in [1.82, 2.24) is 4.90 Å². The zero-order valence-electron chi connectivity index (χ0n) is 8.14. The van der Waals surface area contributed by atoms with Crippen LogP contribution in [0.15, 0.2) is 0 Å². The van der Waals surface area contributed by atoms with Crippen LogP contribution >= 0.6 is 12.0 Å². The number of likely N-dealkylation sites (N-methyl/N-ethyl adjacent to an activating group) is 1. The van der Waals surface area contributed by atoms with Crippen molar-refractivity contribution >= 4 is 12.0 Å². The molecule has 0 bridgehead atoms. The number of hydrogen-bond donors (Lipinski definition) is 2. The smallest absolute Gasteiger partial charge is 0.0664 e. The normalized spacial score (nSPS) is 16.2. The molecule has 0 rings (SSSR count). The van der Waals surface area contributed by atoms with E-state index in [1.54, 1.807) is 6.92 Å². The largest absolute Gasteiger partial charge is 0.392 e. The van der Waals surface area contributed by atoms with Crippen LogP contribution in [0.25, 0.3) is 0 Å². The molecule has 0 spiro atoms. The molecule has 2 atom stereocenters. The molecule has 0 saturated heterocycles. The molecule has 6 heteroatoms. The first-order chi connectivity index (χ1) is 6.09. The van der Waals surface area contributed by atoms with E-state index >= 15 is 0 Å². The summed E-state index contributed by atoms with van der Waals surface area (Å²) in [6.45, 7) is 4.44. The van der Waals surface area contributed by atoms with Gasteiger partial charge in [0.05, 0.1) is 6.10 Å². The Bertz CT molecular complexity index is 125. The van der Waals surface area contributed by atoms with Crippen molar-refractivity contribution in [2.24, 2.45) is 0 Å². The molecule has 0 aliphatic carbocycles. The highest BCUT2D eigenvalue weighted by molar-refractivity contribution is 7.94. The lowest BCUT2D eigenvalue weighted by Gasteiger charge is -2.26. The molecule has 0 aromatic heterocycles. The molecule has 0 amide bonds. The van der Waals surface area contributed by atoms with Gasteiger partial charge in [-0.15, -0.1) is 4.33 Å². The topological polar surface area (TPSA) is 62.2 Å². The Morgan fingerprint density at radius 2 is 2.08 bits per heavy atom. The maximum absolute atomic E-state index is 9.25. The minimum absolute atomic E-state index is 0.107. The van der Waals surface area contributed by atoms with E-state index in [4.69, 9.17) is 5.26 Å². The van der Waals surface area contributed by atoms with Crippen molar-refractivity contribution in [2.45, 2.75) is 26.0 Å². The maximum Gasteiger partial charge on any atom is 0.0664 e. The summed E-state index contributed by atoms with van der Waals surface area (Å²) in [5.74, 6) is 0.661. The van der Waals surface area contributed by atoms with Gasteiger partial charge in [-0.25, -0.2) is 5.26 Å². The fraction of sp³-hybridized carbons (Fsp3) is 1.00. The number of hydrogen-bond acceptors (Lipinski definition) is 6. The van der Waals surface area contributed by atoms with Crippen molar-refractivity contribution in [3.8, 4) is 0 Å². The highest BCUT2D eigenvalue weighted by Gasteiger charge is 2.13. The van der Waals surface area contributed by atoms with E-state index in [0.29, 0.717) is 5.75 Å². The van der Waals surface area contributed by atoms with Crippen LogP contribution in [0, 0.1) is 0 Å². The molecule has 0 radical (unpaired) electrons. The van der Waals surface area contributed by atoms with Gasteiger partial charge in [0.25, 0.3) is 0 Å². The van der Waals surface area contributed by atoms with Gasteiger partial charge in [0.15, 0.2) is 0 Å². The van der Waals surface area contributed by atoms with Crippen LogP contribution in [0.3, 0.4) is 0 Å². The second-order valence-electron chi connectivity index (χ2n) is 2.93. The van der Waals surface area contributed by atoms with Crippen LogP contribution < -0.4 is 0 Å². The third-order valence-electron chi connectivity index (χ3n) is 2.00. The Morgan fingerprint density at radius 1 is 1.46 bits per heavy atom. The minimum atomic E-state index is -0.356. The molecule has 13 heavy (non-hydrogen) atoms. The summed E-state index contributed by atoms with van der Waals surface area (Å²) in [5, 5.41) is 20.5. The van der Waals surface area contributed by atoms with E-state index in [1.807, 2.05) is 18.9 Å². The molecular weight excluding hydrogens is 194 g/mol. The zero-order chi connectivity index (χ0) is 10.3. The fourth-order valence-electron chi connectivity index (χ4n) is 0.809. The van der Waals surface area contributed by atoms with Gasteiger partial charge in [-0.1, -0.05) is 5.04 Å². The second-order valence-corrected chi connectivity index (χ2v) is 3.71. The molecule has 5 nitrogen and oxygen atoms in total. The average Bonchev–Trinajstić information content (AvgIpc) is 2.10. The first-order valence-electron chi connectivity index (χ1n) is 4.07. The summed E-state index contributed by atoms with van der Waals surface area (Å²) in [4.78, 5) is 2.00. The van der Waals surface area contributed by atoms with E-state index in [9.17, 15) is 5.11 Å². The van der Waals surface area contributed by atoms with E-state index < -0.39 is 0 Å². The Balaban J connectivity index is 3.44. The molecular formula is C7H17NO4S. The predicted octanol–water partition coefficient (Wildman–Crippen LogP) is 0.757. The lowest BCUT2D eigenvalue weighted by molar-refractivity contribution is -0.432. The van der Waals surface area contributed by atoms with E-state index in [2.05, 4.69) is 9.37 Å². The van der Waals surface area contributed by atoms with Gasteiger partial charge in [0.1, 0.15) is 0 Å². The molecule has 0 aromatic carbocycles. The number of nitrogens with zero attached hydrogens (tertiary/aromatic N) is 1. The molecule has 0 aliphatic heterocycles. The quantitative estimate of drug-likeness (QED) is 0.280. The van der Waals surface area contributed by atoms with Crippen LogP contribution in [0.1, 0.15) is 13.8 Å². The molecule has 0 saturated carbocycles. The van der Waals surface area contributed by atoms with E-state index in [0.717, 1.165) is 18.6 Å². The standard InChI is InChI=1S/C7H17NO4S/c1-6(7(2)9)8(3)4-5-13-12-11-10/h6-7,9-10H,4-5H2,1-3H3. The zero-order valence-corrected chi connectivity index (χ0v) is 8.95. The highest BCUT2D eigenvalue weighted by Crippen LogP contribution is 2.05. The van der Waals surface area contributed by atoms with Crippen molar-refractivity contribution in [3.63, 3.8) is 0 Å². The van der Waals surface area contributed by atoms with Gasteiger partial charge >= 0.3 is 0 Å². The SMILES string of the molecule is CC(O)C(C)N(C)CCSOOO. The average molecular weight is 211 g/mol. The minimum Gasteiger partial charge on any atom is -0.392 e. The first-order valence-corrected chi connectivity index (χ1v) is 4.98. The molecule has 0 aliphatic rings. The monoisotopic (exact) mass is 211 g/mol. The maximum atomic E-state index is 9.25. The molecule has 80 valence electrons. The number of rotatable bonds is 7. The Labute approximate surface area is 82.7 Å². The van der Waals surface area contributed by atoms with Crippen molar-refractivity contribution < 1.29 is 19.7 Å². The highest BCUT2D eigenvalue weighted by atomic mass is 32.2. The first kappa shape index (κ1) is 13.2. The molecule has 2 N–H and O–H groups in total. The number of aliphatic hydroxyl groups is 1. The fourth-order valence-corrected chi connectivity index (χ4v) is 1.28. The Morgan fingerprint density at radius 3 is 2.54 bits per heavy atom. The molecule has 0 aromatic rings. The van der Waals surface area contributed by atoms with Gasteiger partial charge in [0.2, 0.25) is 0 Å². The summed E-state index contributed by atoms with van der Waals surface area (Å²) in [6, 6.07) is 0.107. The van der Waals surface area contributed by atoms with Gasteiger partial charge in [-0.2, -0.15) is 0 Å². The van der Waals surface area contributed by atoms with Gasteiger partial charge in [0, 0.05) is 30.4 Å². The van der Waals surface area contributed by atoms with Crippen LogP contribution in [0.4, 0.5) is 0 Å². The Kier molecular flexibility index (Phi) is 7.63. The molecule has 0 fully saturated rings. The summed E-state index contributed by atoms with van der Waals surface area (Å²) in [6.07, 6.45) is -0.356. The third kappa shape index (κ3) is 6.25. The van der Waals surface area contributed by atoms with Crippen LogP contribution in [0.2, 0.25) is 0 Å². The summed E-state index contributed by atoms with van der Waals surface area (Å²) in [7, 11) is 1.91. The van der Waals surface area contributed by atoms with Crippen molar-refractivity contribution in [2.75, 3.05) is 19.3 Å². The van der Waals surface area contributed by atoms with Crippen LogP contribution in [-0.4, -0.2) is 46.8 Å². The van der Waals surface area contributed by atoms with Crippen LogP contribution in [0.5, 0.6) is 0 Å². The molecule has 2 unspecified atom stereocenters. The summed E-state index contributed by atoms with van der Waals surface area (Å²) in [5.41, 5.74) is 0. The van der Waals surface area contributed by atoms with Gasteiger partial charge in [-0.05, 0) is 20.9 Å². The summed E-state index contributed by atoms with van der Waals surface area (Å²) < 4.78 is 4.21. The van der Waals surface area contributed by atoms with Gasteiger partial charge in [-0.3, -0.25) is 0 Å².